The van der Waals surface area contributed by atoms with Crippen molar-refractivity contribution >= 4 is 0 Å². The molecule has 0 heterocycles. The molecule has 0 aromatic heterocycles. The number of fused-ring (bicyclic) bond motifs is 26. The maximum atomic E-state index is 2.00. The average Bonchev–Trinajstić information content (AvgIpc) is 0.425. The van der Waals surface area contributed by atoms with E-state index in [0.717, 1.165) is 195 Å². The molecular weight excluding hydrogens is 913 g/mol. The van der Waals surface area contributed by atoms with Crippen molar-refractivity contribution in [3.05, 3.63) is 0 Å². The molecule has 0 aromatic rings. The molecule has 52 rings (SSSR count). The Morgan fingerprint density at radius 3 is 0.487 bits per heavy atom. The summed E-state index contributed by atoms with van der Waals surface area (Å²) >= 11 is 0. The second kappa shape index (κ2) is 4.27. The number of rotatable bonds is 0. The highest BCUT2D eigenvalue weighted by Gasteiger charge is 3.73. The Labute approximate surface area is 437 Å². The van der Waals surface area contributed by atoms with E-state index in [-0.39, 0.29) is 0 Å². The predicted octanol–water partition coefficient (Wildman–Crippen LogP) is 8.33. The van der Waals surface area contributed by atoms with Gasteiger partial charge in [0.05, 0.1) is 0 Å². The largest absolute Gasteiger partial charge is 0.0683 e. The highest BCUT2D eigenvalue weighted by molar-refractivity contribution is 6.17. The van der Waals surface area contributed by atoms with E-state index >= 15 is 0 Å². The van der Waals surface area contributed by atoms with Crippen LogP contribution in [0.1, 0.15) is 67.2 Å². The fourth-order valence-electron chi connectivity index (χ4n) is 80.9. The predicted molar refractivity (Wildman–Crippen MR) is 245 cm³/mol. The van der Waals surface area contributed by atoms with Crippen LogP contribution in [-0.2, 0) is 0 Å². The molecule has 0 N–H and O–H groups in total. The Morgan fingerprint density at radius 2 is 0.289 bits per heavy atom. The van der Waals surface area contributed by atoms with Crippen LogP contribution in [0, 0.1) is 372 Å². The molecule has 0 amide bonds. The quantitative estimate of drug-likeness (QED) is 0.229. The van der Waals surface area contributed by atoms with Gasteiger partial charge in [-0.25, -0.2) is 0 Å². The summed E-state index contributed by atoms with van der Waals surface area (Å²) in [5.74, 6) is 42.6. The number of hydrogen-bond donors (Lipinski definition) is 0. The average molecular weight is 969 g/mol. The highest BCUT2D eigenvalue weighted by Crippen LogP contribution is 3.74. The molecule has 0 saturated heterocycles. The molecule has 76 heavy (non-hydrogen) atoms. The van der Waals surface area contributed by atoms with E-state index in [4.69, 9.17) is 0 Å². The molecule has 360 valence electrons. The van der Waals surface area contributed by atoms with Crippen LogP contribution >= 0.6 is 0 Å². The lowest BCUT2D eigenvalue weighted by atomic mass is 8.33. The van der Waals surface area contributed by atoms with Gasteiger partial charge in [0.15, 0.2) is 0 Å². The van der Waals surface area contributed by atoms with Crippen LogP contribution in [0.5, 0.6) is 0 Å². The lowest BCUT2D eigenvalue weighted by molar-refractivity contribution is -1.25. The van der Waals surface area contributed by atoms with Crippen molar-refractivity contribution in [2.45, 2.75) is 67.2 Å². The fourth-order valence-corrected chi connectivity index (χ4v) is 80.9. The minimum atomic E-state index is 1.11. The Bertz CT molecular complexity index is 4540. The van der Waals surface area contributed by atoms with Gasteiger partial charge >= 0.3 is 0 Å². The van der Waals surface area contributed by atoms with Gasteiger partial charge in [0.2, 0.25) is 0 Å². The van der Waals surface area contributed by atoms with Crippen molar-refractivity contribution in [1.82, 2.24) is 0 Å². The van der Waals surface area contributed by atoms with Gasteiger partial charge in [0, 0.05) is 0 Å². The van der Waals surface area contributed by atoms with E-state index in [1.807, 2.05) is 67.2 Å². The summed E-state index contributed by atoms with van der Waals surface area (Å²) in [6.45, 7) is 12.0. The third-order valence-corrected chi connectivity index (χ3v) is 62.6. The first-order valence-electron chi connectivity index (χ1n) is 37.8. The molecule has 52 saturated carbocycles. The second-order valence-corrected chi connectivity index (χ2v) is 46.1. The fraction of sp³-hybridized carbons (Fsp3) is 1.00. The van der Waals surface area contributed by atoms with Crippen molar-refractivity contribution < 1.29 is 0 Å². The van der Waals surface area contributed by atoms with Gasteiger partial charge in [0.1, 0.15) is 0 Å². The summed E-state index contributed by atoms with van der Waals surface area (Å²) in [6.07, 6.45) is 7.46. The summed E-state index contributed by atoms with van der Waals surface area (Å²) in [4.78, 5) is 0. The molecule has 0 nitrogen and oxygen atoms in total. The molecule has 52 atom stereocenters. The van der Waals surface area contributed by atoms with Gasteiger partial charge in [-0.3, -0.25) is 0 Å². The van der Waals surface area contributed by atoms with Crippen LogP contribution in [0.4, 0.5) is 0 Å². The Balaban J connectivity index is 0.000000501. The van der Waals surface area contributed by atoms with E-state index < -0.39 is 0 Å². The van der Waals surface area contributed by atoms with Crippen molar-refractivity contribution in [3.8, 4) is 0 Å². The molecule has 0 heteroatoms. The molecule has 52 unspecified atom stereocenters. The normalized spacial score (nSPS) is 135. The highest BCUT2D eigenvalue weighted by atomic mass is 15.8. The zero-order valence-electron chi connectivity index (χ0n) is 44.1. The van der Waals surface area contributed by atoms with E-state index in [1.165, 1.54) is 178 Å². The van der Waals surface area contributed by atoms with Crippen LogP contribution in [0.3, 0.4) is 0 Å². The Hall–Kier alpha value is 0. The van der Waals surface area contributed by atoms with Crippen LogP contribution in [0.2, 0.25) is 0 Å². The SMILES string of the molecule is C1C2C3C4CC5C6C7C8C9C%10C%11C%12C%13C%14C%15C%16CC%17C%18C%19CC%20C%21C%22C%23C%24C%25C%26C%27C%28C%29C%30C1C21C32C45C63C74C85C96C%107C%118C%129C%13%10C%14%11C%15%12C%17%16C%18%13C%19%20C%21%14C%22%15C%23%16C%24%17C%25%18C%26%19C%27%20C%28%21C%29%22C%301C23C%224C%215C%206C%197C%188C%179C%16%10C%15%11C%13%14%12.CC.CC.CC. The van der Waals surface area contributed by atoms with Crippen LogP contribution in [-0.4, -0.2) is 0 Å². The zero-order valence-corrected chi connectivity index (χ0v) is 44.1. The third-order valence-electron chi connectivity index (χ3n) is 62.6. The van der Waals surface area contributed by atoms with Crippen molar-refractivity contribution in [2.24, 2.45) is 372 Å². The first-order valence-corrected chi connectivity index (χ1v) is 37.8. The van der Waals surface area contributed by atoms with Gasteiger partial charge in [0.25, 0.3) is 0 Å². The first kappa shape index (κ1) is 27.8. The third kappa shape index (κ3) is 0.597. The van der Waals surface area contributed by atoms with Crippen LogP contribution in [0.15, 0.2) is 0 Å². The molecule has 0 radical (unpaired) electrons. The molecule has 0 aliphatic heterocycles. The van der Waals surface area contributed by atoms with Crippen molar-refractivity contribution in [3.63, 3.8) is 0 Å². The molecule has 52 aliphatic carbocycles. The maximum Gasteiger partial charge on any atom is -0.000715 e. The molecule has 0 aromatic carbocycles. The summed E-state index contributed by atoms with van der Waals surface area (Å²) in [5.41, 5.74) is 40.9. The zero-order chi connectivity index (χ0) is 44.1. The smallest absolute Gasteiger partial charge is 0.000715 e. The lowest BCUT2D eigenvalue weighted by Crippen LogP contribution is -3.69. The van der Waals surface area contributed by atoms with E-state index in [2.05, 4.69) is 0 Å². The van der Waals surface area contributed by atoms with Gasteiger partial charge in [-0.15, -0.1) is 0 Å². The minimum absolute atomic E-state index is 1.11. The molecule has 52 fully saturated rings. The molecule has 0 bridgehead atoms. The number of hydrogen-bond acceptors (Lipinski definition) is 0. The van der Waals surface area contributed by atoms with Crippen LogP contribution in [0.25, 0.3) is 0 Å². The van der Waals surface area contributed by atoms with E-state index in [9.17, 15) is 0 Å². The summed E-state index contributed by atoms with van der Waals surface area (Å²) in [5, 5.41) is 0. The summed E-state index contributed by atoms with van der Waals surface area (Å²) in [7, 11) is 0. The summed E-state index contributed by atoms with van der Waals surface area (Å²) < 4.78 is 0. The molecule has 36 spiro atoms. The molecule has 52 aliphatic rings. The van der Waals surface area contributed by atoms with Crippen molar-refractivity contribution in [1.29, 1.82) is 0 Å². The van der Waals surface area contributed by atoms with Gasteiger partial charge in [-0.1, -0.05) is 41.5 Å². The minimum Gasteiger partial charge on any atom is -0.0683 e. The van der Waals surface area contributed by atoms with Gasteiger partial charge in [-0.05, 0) is 398 Å². The monoisotopic (exact) mass is 968 g/mol. The maximum absolute atomic E-state index is 2.00. The Morgan fingerprint density at radius 1 is 0.145 bits per heavy atom. The van der Waals surface area contributed by atoms with E-state index in [1.54, 1.807) is 0 Å². The van der Waals surface area contributed by atoms with Gasteiger partial charge < -0.3 is 0 Å². The lowest BCUT2D eigenvalue weighted by Gasteiger charge is -3.69. The van der Waals surface area contributed by atoms with Crippen molar-refractivity contribution in [2.75, 3.05) is 0 Å². The van der Waals surface area contributed by atoms with Crippen LogP contribution < -0.4 is 0 Å². The Kier molecular flexibility index (Phi) is 1.56. The van der Waals surface area contributed by atoms with Gasteiger partial charge in [-0.2, -0.15) is 0 Å². The first-order chi connectivity index (χ1) is 37.8. The topological polar surface area (TPSA) is 0 Å². The summed E-state index contributed by atoms with van der Waals surface area (Å²) in [6, 6.07) is 0. The molecular formula is C76H56. The van der Waals surface area contributed by atoms with E-state index in [0.29, 0.717) is 0 Å². The standard InChI is InChI=1S/C70H38.3C2H6/c1-5-13-6-2-10-16-20-24-29-33-34-30-26-22-18-12-4-8-14-7-3-11-17-21-25-28-32-31-27-23-19-15-9(1)35(5)39(13)36(6,10)42(16)46(20)50(24)54(29)59(33)60(34)56(30)52(26)48(22)44(18)38(8,12)40(14)37(7,11)43(17)47(21)51(25)55(28)58(32)57(31)53(27)49(23)45(19)41(15,35)61(39,42)63(45,46)65(49,50)67(53,54)69(57,59)70(58,60)68(55,56)66(51,52)64(47,48)62(40,43)44;3*1-2/h5-34H,1-4H2;3*1-2H3. The second-order valence-electron chi connectivity index (χ2n) is 46.1.